The second kappa shape index (κ2) is 4.06. The van der Waals surface area contributed by atoms with Gasteiger partial charge in [0, 0.05) is 0 Å². The molecule has 7 heavy (non-hydrogen) atoms. The third-order valence-electron chi connectivity index (χ3n) is 0.143. The van der Waals surface area contributed by atoms with Gasteiger partial charge in [0.05, 0.1) is 0 Å². The van der Waals surface area contributed by atoms with E-state index in [4.69, 9.17) is 0 Å². The molecule has 0 saturated carbocycles. The molecule has 0 N–H and O–H groups in total. The van der Waals surface area contributed by atoms with Gasteiger partial charge in [-0.25, -0.2) is 0 Å². The van der Waals surface area contributed by atoms with Crippen molar-refractivity contribution in [2.24, 2.45) is 0 Å². The van der Waals surface area contributed by atoms with E-state index in [1.165, 1.54) is 0 Å². The fourth-order valence-electron chi connectivity index (χ4n) is 0. The summed E-state index contributed by atoms with van der Waals surface area (Å²) in [6.45, 7) is 0. The molecule has 0 aliphatic heterocycles. The van der Waals surface area contributed by atoms with Gasteiger partial charge in [0.15, 0.2) is 0 Å². The van der Waals surface area contributed by atoms with Crippen molar-refractivity contribution in [2.45, 2.75) is 0 Å². The van der Waals surface area contributed by atoms with Crippen molar-refractivity contribution in [2.75, 3.05) is 0 Å². The summed E-state index contributed by atoms with van der Waals surface area (Å²) in [6, 6.07) is 0. The van der Waals surface area contributed by atoms with E-state index in [2.05, 4.69) is 0 Å². The number of rotatable bonds is 0. The lowest BCUT2D eigenvalue weighted by Gasteiger charge is -1.69. The van der Waals surface area contributed by atoms with Crippen LogP contribution in [-0.2, 0) is 0 Å². The van der Waals surface area contributed by atoms with Crippen LogP contribution in [0.1, 0.15) is 0 Å². The topological polar surface area (TPSA) is 0 Å². The Labute approximate surface area is 40.8 Å². The van der Waals surface area contributed by atoms with Crippen LogP contribution >= 0.6 is 9.90 Å². The molecule has 0 saturated heterocycles. The lowest BCUT2D eigenvalue weighted by Crippen LogP contribution is -1.56. The molecule has 0 fully saturated rings. The van der Waals surface area contributed by atoms with Crippen molar-refractivity contribution >= 4 is 9.90 Å². The predicted octanol–water partition coefficient (Wildman–Crippen LogP) is 2.05. The zero-order valence-electron chi connectivity index (χ0n) is 3.22. The quantitative estimate of drug-likeness (QED) is 0.351. The van der Waals surface area contributed by atoms with Gasteiger partial charge in [0.1, 0.15) is 0 Å². The first kappa shape index (κ1) is 10.00. The Morgan fingerprint density at radius 2 is 0.857 bits per heavy atom. The fraction of sp³-hybridized carbons (Fsp3) is 0. The lowest BCUT2D eigenvalue weighted by molar-refractivity contribution is 0.308. The van der Waals surface area contributed by atoms with Crippen LogP contribution in [0.4, 0.5) is 17.6 Å². The molecule has 0 aromatic rings. The van der Waals surface area contributed by atoms with Crippen LogP contribution in [0.25, 0.3) is 0 Å². The van der Waals surface area contributed by atoms with Crippen molar-refractivity contribution in [1.82, 2.24) is 0 Å². The van der Waals surface area contributed by atoms with E-state index < -0.39 is 12.2 Å². The van der Waals surface area contributed by atoms with E-state index in [-0.39, 0.29) is 9.90 Å². The predicted molar refractivity (Wildman–Crippen MR) is 22.6 cm³/mol. The number of halogens is 4. The van der Waals surface area contributed by atoms with Gasteiger partial charge in [0.25, 0.3) is 0 Å². The first-order valence-electron chi connectivity index (χ1n) is 1.01. The average Bonchev–Trinajstić information content (AvgIpc) is 1.36. The highest BCUT2D eigenvalue weighted by Crippen LogP contribution is 2.08. The maximum atomic E-state index is 10.3. The molecule has 0 aromatic heterocycles. The van der Waals surface area contributed by atoms with Gasteiger partial charge in [0.2, 0.25) is 0 Å². The number of hydrogen-bond acceptors (Lipinski definition) is 0. The summed E-state index contributed by atoms with van der Waals surface area (Å²) in [4.78, 5) is 0. The van der Waals surface area contributed by atoms with E-state index in [0.717, 1.165) is 0 Å². The monoisotopic (exact) mass is 134 g/mol. The molecule has 0 aromatic carbocycles. The standard InChI is InChI=1S/C2F4.H3P/c3-1(4)2(5)6;/h;1H3. The molecule has 0 nitrogen and oxygen atoms in total. The van der Waals surface area contributed by atoms with Crippen molar-refractivity contribution in [3.8, 4) is 0 Å². The summed E-state index contributed by atoms with van der Waals surface area (Å²) in [5.41, 5.74) is 0. The van der Waals surface area contributed by atoms with Crippen LogP contribution in [0, 0.1) is 0 Å². The minimum Gasteiger partial charge on any atom is -0.167 e. The molecular weight excluding hydrogens is 131 g/mol. The first-order chi connectivity index (χ1) is 2.64. The Bertz CT molecular complexity index is 59.8. The Morgan fingerprint density at radius 1 is 0.714 bits per heavy atom. The van der Waals surface area contributed by atoms with Gasteiger partial charge >= 0.3 is 12.2 Å². The molecular formula is C2H3F4P. The van der Waals surface area contributed by atoms with Crippen molar-refractivity contribution in [1.29, 1.82) is 0 Å². The molecule has 0 rings (SSSR count). The minimum absolute atomic E-state index is 0. The molecule has 0 amide bonds. The van der Waals surface area contributed by atoms with E-state index in [0.29, 0.717) is 0 Å². The van der Waals surface area contributed by atoms with Gasteiger partial charge < -0.3 is 0 Å². The van der Waals surface area contributed by atoms with Crippen LogP contribution < -0.4 is 0 Å². The molecule has 0 bridgehead atoms. The summed E-state index contributed by atoms with van der Waals surface area (Å²) < 4.78 is 41.1. The zero-order chi connectivity index (χ0) is 5.15. The van der Waals surface area contributed by atoms with Gasteiger partial charge in [-0.15, -0.1) is 0 Å². The third kappa shape index (κ3) is 5.89. The van der Waals surface area contributed by atoms with Crippen LogP contribution in [0.3, 0.4) is 0 Å². The van der Waals surface area contributed by atoms with Crippen LogP contribution in [0.15, 0.2) is 12.2 Å². The molecule has 0 radical (unpaired) electrons. The van der Waals surface area contributed by atoms with Crippen LogP contribution in [0.5, 0.6) is 0 Å². The maximum Gasteiger partial charge on any atom is 0.334 e. The van der Waals surface area contributed by atoms with Gasteiger partial charge in [-0.05, 0) is 0 Å². The Hall–Kier alpha value is -0.110. The first-order valence-corrected chi connectivity index (χ1v) is 1.01. The summed E-state index contributed by atoms with van der Waals surface area (Å²) in [5, 5.41) is 0. The highest BCUT2D eigenvalue weighted by Gasteiger charge is 1.98. The minimum atomic E-state index is -2.91. The molecule has 1 atom stereocenters. The largest absolute Gasteiger partial charge is 0.334 e. The Morgan fingerprint density at radius 3 is 0.857 bits per heavy atom. The SMILES string of the molecule is FC(F)=C(F)F.P. The van der Waals surface area contributed by atoms with Gasteiger partial charge in [-0.1, -0.05) is 0 Å². The van der Waals surface area contributed by atoms with E-state index in [1.807, 2.05) is 0 Å². The third-order valence-corrected chi connectivity index (χ3v) is 0.143. The second-order valence-electron chi connectivity index (χ2n) is 0.521. The molecule has 0 spiro atoms. The van der Waals surface area contributed by atoms with E-state index >= 15 is 0 Å². The summed E-state index contributed by atoms with van der Waals surface area (Å²) in [7, 11) is 0. The Balaban J connectivity index is 0. The highest BCUT2D eigenvalue weighted by molar-refractivity contribution is 6.92. The number of hydrogen-bond donors (Lipinski definition) is 0. The van der Waals surface area contributed by atoms with Crippen molar-refractivity contribution < 1.29 is 17.6 Å². The fourth-order valence-corrected chi connectivity index (χ4v) is 0. The van der Waals surface area contributed by atoms with Crippen LogP contribution in [-0.4, -0.2) is 0 Å². The van der Waals surface area contributed by atoms with Crippen molar-refractivity contribution in [3.05, 3.63) is 12.2 Å². The van der Waals surface area contributed by atoms with E-state index in [1.54, 1.807) is 0 Å². The second-order valence-corrected chi connectivity index (χ2v) is 0.521. The van der Waals surface area contributed by atoms with Gasteiger partial charge in [-0.3, -0.25) is 0 Å². The van der Waals surface area contributed by atoms with Crippen LogP contribution in [0.2, 0.25) is 0 Å². The molecule has 0 aliphatic carbocycles. The normalized spacial score (nSPS) is 6.86. The lowest BCUT2D eigenvalue weighted by atomic mass is 11.1. The average molecular weight is 134 g/mol. The molecule has 0 heterocycles. The van der Waals surface area contributed by atoms with Crippen molar-refractivity contribution in [3.63, 3.8) is 0 Å². The molecule has 5 heteroatoms. The summed E-state index contributed by atoms with van der Waals surface area (Å²) in [6.07, 6.45) is -5.81. The summed E-state index contributed by atoms with van der Waals surface area (Å²) >= 11 is 0. The molecule has 0 aliphatic rings. The highest BCUT2D eigenvalue weighted by atomic mass is 31.0. The Kier molecular flexibility index (Phi) is 5.80. The van der Waals surface area contributed by atoms with E-state index in [9.17, 15) is 17.6 Å². The zero-order valence-corrected chi connectivity index (χ0v) is 4.63. The maximum absolute atomic E-state index is 10.3. The summed E-state index contributed by atoms with van der Waals surface area (Å²) in [5.74, 6) is 0. The molecule has 44 valence electrons. The smallest absolute Gasteiger partial charge is 0.167 e. The van der Waals surface area contributed by atoms with Gasteiger partial charge in [-0.2, -0.15) is 27.5 Å². The molecule has 1 unspecified atom stereocenters.